The number of para-hydroxylation sites is 1. The third-order valence-corrected chi connectivity index (χ3v) is 3.22. The lowest BCUT2D eigenvalue weighted by atomic mass is 10.1. The van der Waals surface area contributed by atoms with Crippen LogP contribution in [-0.2, 0) is 11.2 Å². The molecule has 0 fully saturated rings. The van der Waals surface area contributed by atoms with Crippen molar-refractivity contribution in [2.45, 2.75) is 13.3 Å². The zero-order valence-corrected chi connectivity index (χ0v) is 10.0. The molecule has 0 aliphatic rings. The van der Waals surface area contributed by atoms with Crippen LogP contribution >= 0.6 is 0 Å². The third-order valence-electron chi connectivity index (χ3n) is 3.22. The number of carbonyl (C=O) groups is 1. The number of benzene rings is 2. The van der Waals surface area contributed by atoms with Crippen molar-refractivity contribution in [3.05, 3.63) is 47.5 Å². The van der Waals surface area contributed by atoms with Crippen molar-refractivity contribution in [2.24, 2.45) is 0 Å². The number of nitrogens with one attached hydrogen (secondary N) is 1. The van der Waals surface area contributed by atoms with E-state index in [4.69, 9.17) is 5.11 Å². The van der Waals surface area contributed by atoms with Crippen molar-refractivity contribution in [3.63, 3.8) is 0 Å². The second-order valence-electron chi connectivity index (χ2n) is 4.58. The summed E-state index contributed by atoms with van der Waals surface area (Å²) >= 11 is 0. The number of aromatic nitrogens is 1. The lowest BCUT2D eigenvalue weighted by Gasteiger charge is -1.99. The quantitative estimate of drug-likeness (QED) is 0.721. The fourth-order valence-corrected chi connectivity index (χ4v) is 2.41. The highest BCUT2D eigenvalue weighted by molar-refractivity contribution is 6.08. The molecule has 1 aromatic heterocycles. The number of H-pyrrole nitrogens is 1. The molecule has 1 heterocycles. The molecule has 2 N–H and O–H groups in total. The molecule has 0 spiro atoms. The molecule has 18 heavy (non-hydrogen) atoms. The van der Waals surface area contributed by atoms with Gasteiger partial charge in [-0.15, -0.1) is 0 Å². The van der Waals surface area contributed by atoms with E-state index in [1.807, 2.05) is 25.1 Å². The number of aromatic amines is 1. The monoisotopic (exact) mass is 239 g/mol. The number of rotatable bonds is 2. The molecule has 3 rings (SSSR count). The van der Waals surface area contributed by atoms with Gasteiger partial charge in [-0.1, -0.05) is 30.3 Å². The minimum Gasteiger partial charge on any atom is -0.481 e. The van der Waals surface area contributed by atoms with E-state index in [2.05, 4.69) is 23.2 Å². The first-order valence-electron chi connectivity index (χ1n) is 5.87. The molecular formula is C15H13NO2. The van der Waals surface area contributed by atoms with Crippen LogP contribution in [0.3, 0.4) is 0 Å². The standard InChI is InChI=1S/C15H13NO2/c1-9-5-6-11-12-4-2-3-10(8-14(17)18)15(12)16-13(11)7-9/h2-7,16H,8H2,1H3,(H,17,18). The predicted octanol–water partition coefficient (Wildman–Crippen LogP) is 3.26. The predicted molar refractivity (Wildman–Crippen MR) is 71.9 cm³/mol. The van der Waals surface area contributed by atoms with E-state index >= 15 is 0 Å². The zero-order valence-electron chi connectivity index (χ0n) is 10.0. The summed E-state index contributed by atoms with van der Waals surface area (Å²) in [7, 11) is 0. The van der Waals surface area contributed by atoms with Crippen LogP contribution in [0.1, 0.15) is 11.1 Å². The lowest BCUT2D eigenvalue weighted by Crippen LogP contribution is -2.00. The number of hydrogen-bond acceptors (Lipinski definition) is 1. The van der Waals surface area contributed by atoms with E-state index in [1.165, 1.54) is 5.56 Å². The molecule has 0 bridgehead atoms. The summed E-state index contributed by atoms with van der Waals surface area (Å²) in [6.45, 7) is 2.04. The van der Waals surface area contributed by atoms with Gasteiger partial charge in [0.2, 0.25) is 0 Å². The number of aliphatic carboxylic acids is 1. The third kappa shape index (κ3) is 1.64. The maximum absolute atomic E-state index is 10.9. The summed E-state index contributed by atoms with van der Waals surface area (Å²) in [5.41, 5.74) is 4.01. The Morgan fingerprint density at radius 1 is 1.22 bits per heavy atom. The summed E-state index contributed by atoms with van der Waals surface area (Å²) in [6.07, 6.45) is 0.0448. The molecule has 0 aliphatic carbocycles. The maximum atomic E-state index is 10.9. The van der Waals surface area contributed by atoms with Crippen LogP contribution in [0.15, 0.2) is 36.4 Å². The van der Waals surface area contributed by atoms with Crippen LogP contribution in [-0.4, -0.2) is 16.1 Å². The Morgan fingerprint density at radius 3 is 2.83 bits per heavy atom. The maximum Gasteiger partial charge on any atom is 0.307 e. The van der Waals surface area contributed by atoms with Crippen molar-refractivity contribution in [2.75, 3.05) is 0 Å². The van der Waals surface area contributed by atoms with Gasteiger partial charge in [0.1, 0.15) is 0 Å². The first-order valence-corrected chi connectivity index (χ1v) is 5.87. The van der Waals surface area contributed by atoms with Crippen molar-refractivity contribution in [1.29, 1.82) is 0 Å². The van der Waals surface area contributed by atoms with Crippen molar-refractivity contribution < 1.29 is 9.90 Å². The summed E-state index contributed by atoms with van der Waals surface area (Å²) in [6, 6.07) is 12.0. The smallest absolute Gasteiger partial charge is 0.307 e. The zero-order chi connectivity index (χ0) is 12.7. The van der Waals surface area contributed by atoms with Gasteiger partial charge in [0.25, 0.3) is 0 Å². The number of fused-ring (bicyclic) bond motifs is 3. The molecule has 0 radical (unpaired) electrons. The molecule has 0 saturated heterocycles. The normalized spacial score (nSPS) is 11.2. The molecular weight excluding hydrogens is 226 g/mol. The summed E-state index contributed by atoms with van der Waals surface area (Å²) in [4.78, 5) is 14.2. The lowest BCUT2D eigenvalue weighted by molar-refractivity contribution is -0.136. The Bertz CT molecular complexity index is 756. The molecule has 0 atom stereocenters. The van der Waals surface area contributed by atoms with Gasteiger partial charge in [-0.25, -0.2) is 0 Å². The van der Waals surface area contributed by atoms with E-state index in [1.54, 1.807) is 0 Å². The first-order chi connectivity index (χ1) is 8.65. The molecule has 0 unspecified atom stereocenters. The number of aryl methyl sites for hydroxylation is 1. The second kappa shape index (κ2) is 3.88. The fraction of sp³-hybridized carbons (Fsp3) is 0.133. The van der Waals surface area contributed by atoms with E-state index in [0.29, 0.717) is 0 Å². The van der Waals surface area contributed by atoms with Crippen molar-refractivity contribution in [3.8, 4) is 0 Å². The van der Waals surface area contributed by atoms with E-state index in [-0.39, 0.29) is 6.42 Å². The van der Waals surface area contributed by atoms with Crippen LogP contribution in [0.4, 0.5) is 0 Å². The highest BCUT2D eigenvalue weighted by atomic mass is 16.4. The average molecular weight is 239 g/mol. The highest BCUT2D eigenvalue weighted by Gasteiger charge is 2.10. The van der Waals surface area contributed by atoms with Crippen LogP contribution in [0.2, 0.25) is 0 Å². The Balaban J connectivity index is 2.34. The van der Waals surface area contributed by atoms with E-state index in [0.717, 1.165) is 27.4 Å². The first kappa shape index (κ1) is 10.8. The van der Waals surface area contributed by atoms with Gasteiger partial charge in [0, 0.05) is 16.3 Å². The molecule has 3 aromatic rings. The average Bonchev–Trinajstić information content (AvgIpc) is 2.67. The van der Waals surface area contributed by atoms with Gasteiger partial charge in [-0.2, -0.15) is 0 Å². The van der Waals surface area contributed by atoms with Crippen LogP contribution < -0.4 is 0 Å². The van der Waals surface area contributed by atoms with Crippen LogP contribution in [0.25, 0.3) is 21.8 Å². The molecule has 0 amide bonds. The van der Waals surface area contributed by atoms with Gasteiger partial charge in [0.15, 0.2) is 0 Å². The van der Waals surface area contributed by atoms with Gasteiger partial charge in [-0.05, 0) is 24.1 Å². The SMILES string of the molecule is Cc1ccc2c(c1)[nH]c1c(CC(=O)O)cccc12. The Hall–Kier alpha value is -2.29. The van der Waals surface area contributed by atoms with Crippen molar-refractivity contribution >= 4 is 27.8 Å². The molecule has 0 aliphatic heterocycles. The van der Waals surface area contributed by atoms with E-state index < -0.39 is 5.97 Å². The van der Waals surface area contributed by atoms with Crippen LogP contribution in [0, 0.1) is 6.92 Å². The summed E-state index contributed by atoms with van der Waals surface area (Å²) < 4.78 is 0. The Labute approximate surface area is 104 Å². The topological polar surface area (TPSA) is 53.1 Å². The largest absolute Gasteiger partial charge is 0.481 e. The van der Waals surface area contributed by atoms with E-state index in [9.17, 15) is 4.79 Å². The Kier molecular flexibility index (Phi) is 2.33. The molecule has 2 aromatic carbocycles. The minimum absolute atomic E-state index is 0.0448. The highest BCUT2D eigenvalue weighted by Crippen LogP contribution is 2.28. The molecule has 3 heteroatoms. The van der Waals surface area contributed by atoms with Crippen LogP contribution in [0.5, 0.6) is 0 Å². The van der Waals surface area contributed by atoms with Gasteiger partial charge >= 0.3 is 5.97 Å². The van der Waals surface area contributed by atoms with Gasteiger partial charge in [-0.3, -0.25) is 4.79 Å². The summed E-state index contributed by atoms with van der Waals surface area (Å²) in [5.74, 6) is -0.808. The molecule has 3 nitrogen and oxygen atoms in total. The second-order valence-corrected chi connectivity index (χ2v) is 4.58. The molecule has 90 valence electrons. The summed E-state index contributed by atoms with van der Waals surface area (Å²) in [5, 5.41) is 11.2. The fourth-order valence-electron chi connectivity index (χ4n) is 2.41. The number of hydrogen-bond donors (Lipinski definition) is 2. The Morgan fingerprint density at radius 2 is 2.06 bits per heavy atom. The molecule has 0 saturated carbocycles. The van der Waals surface area contributed by atoms with Crippen molar-refractivity contribution in [1.82, 2.24) is 4.98 Å². The van der Waals surface area contributed by atoms with Gasteiger partial charge < -0.3 is 10.1 Å². The number of carboxylic acid groups (broad SMARTS) is 1. The van der Waals surface area contributed by atoms with Gasteiger partial charge in [0.05, 0.1) is 11.9 Å². The number of carboxylic acids is 1. The minimum atomic E-state index is -0.808.